The first-order valence-corrected chi connectivity index (χ1v) is 8.39. The van der Waals surface area contributed by atoms with Crippen molar-refractivity contribution in [3.63, 3.8) is 0 Å². The number of hydrogen-bond acceptors (Lipinski definition) is 5. The van der Waals surface area contributed by atoms with Crippen molar-refractivity contribution in [3.05, 3.63) is 46.6 Å². The highest BCUT2D eigenvalue weighted by atomic mass is 32.1. The van der Waals surface area contributed by atoms with E-state index in [9.17, 15) is 4.79 Å². The van der Waals surface area contributed by atoms with Gasteiger partial charge in [-0.2, -0.15) is 0 Å². The van der Waals surface area contributed by atoms with Gasteiger partial charge in [-0.15, -0.1) is 11.3 Å². The Labute approximate surface area is 137 Å². The SMILES string of the molecule is O=C(O)c1ccc(Nc2ncnc3sc4c(c23)CCCC4)cc1. The maximum atomic E-state index is 10.9. The third-order valence-electron chi connectivity index (χ3n) is 4.15. The summed E-state index contributed by atoms with van der Waals surface area (Å²) in [4.78, 5) is 22.2. The van der Waals surface area contributed by atoms with E-state index in [0.29, 0.717) is 0 Å². The Bertz CT molecular complexity index is 887. The lowest BCUT2D eigenvalue weighted by Crippen LogP contribution is -2.01. The molecule has 116 valence electrons. The first-order chi connectivity index (χ1) is 11.2. The number of anilines is 2. The van der Waals surface area contributed by atoms with E-state index in [2.05, 4.69) is 15.3 Å². The monoisotopic (exact) mass is 325 g/mol. The van der Waals surface area contributed by atoms with Crippen LogP contribution in [-0.2, 0) is 12.8 Å². The summed E-state index contributed by atoms with van der Waals surface area (Å²) in [5.41, 5.74) is 2.48. The molecule has 1 aliphatic carbocycles. The van der Waals surface area contributed by atoms with Crippen LogP contribution in [0.3, 0.4) is 0 Å². The summed E-state index contributed by atoms with van der Waals surface area (Å²) in [5.74, 6) is -0.120. The topological polar surface area (TPSA) is 75.1 Å². The highest BCUT2D eigenvalue weighted by Crippen LogP contribution is 2.38. The van der Waals surface area contributed by atoms with Crippen LogP contribution in [0.4, 0.5) is 11.5 Å². The van der Waals surface area contributed by atoms with Gasteiger partial charge in [0.25, 0.3) is 0 Å². The van der Waals surface area contributed by atoms with Gasteiger partial charge < -0.3 is 10.4 Å². The summed E-state index contributed by atoms with van der Waals surface area (Å²) in [7, 11) is 0. The second kappa shape index (κ2) is 5.62. The van der Waals surface area contributed by atoms with Crippen LogP contribution in [0.15, 0.2) is 30.6 Å². The summed E-state index contributed by atoms with van der Waals surface area (Å²) < 4.78 is 0. The Morgan fingerprint density at radius 1 is 1.13 bits per heavy atom. The number of aryl methyl sites for hydroxylation is 2. The smallest absolute Gasteiger partial charge is 0.335 e. The molecule has 2 N–H and O–H groups in total. The molecule has 0 radical (unpaired) electrons. The Morgan fingerprint density at radius 3 is 2.70 bits per heavy atom. The van der Waals surface area contributed by atoms with E-state index in [1.54, 1.807) is 41.9 Å². The molecule has 2 aromatic heterocycles. The molecule has 0 saturated carbocycles. The Hall–Kier alpha value is -2.47. The van der Waals surface area contributed by atoms with E-state index >= 15 is 0 Å². The lowest BCUT2D eigenvalue weighted by molar-refractivity contribution is 0.0697. The van der Waals surface area contributed by atoms with Crippen LogP contribution in [0.5, 0.6) is 0 Å². The van der Waals surface area contributed by atoms with Crippen LogP contribution >= 0.6 is 11.3 Å². The van der Waals surface area contributed by atoms with Crippen molar-refractivity contribution >= 4 is 39.0 Å². The molecule has 0 unspecified atom stereocenters. The number of benzene rings is 1. The lowest BCUT2D eigenvalue weighted by atomic mass is 9.97. The Morgan fingerprint density at radius 2 is 1.91 bits per heavy atom. The molecule has 0 fully saturated rings. The van der Waals surface area contributed by atoms with Crippen molar-refractivity contribution in [2.45, 2.75) is 25.7 Å². The van der Waals surface area contributed by atoms with Crippen LogP contribution in [0.25, 0.3) is 10.2 Å². The zero-order chi connectivity index (χ0) is 15.8. The highest BCUT2D eigenvalue weighted by Gasteiger charge is 2.19. The molecule has 1 aromatic carbocycles. The third kappa shape index (κ3) is 2.55. The molecule has 0 aliphatic heterocycles. The summed E-state index contributed by atoms with van der Waals surface area (Å²) in [5, 5.41) is 13.4. The van der Waals surface area contributed by atoms with Crippen molar-refractivity contribution in [1.29, 1.82) is 0 Å². The second-order valence-corrected chi connectivity index (χ2v) is 6.70. The normalized spacial score (nSPS) is 13.7. The molecule has 3 aromatic rings. The van der Waals surface area contributed by atoms with Gasteiger partial charge in [0.05, 0.1) is 10.9 Å². The number of rotatable bonds is 3. The molecular weight excluding hydrogens is 310 g/mol. The maximum absolute atomic E-state index is 10.9. The number of fused-ring (bicyclic) bond motifs is 3. The lowest BCUT2D eigenvalue weighted by Gasteiger charge is -2.12. The van der Waals surface area contributed by atoms with Gasteiger partial charge in [0, 0.05) is 10.6 Å². The van der Waals surface area contributed by atoms with Gasteiger partial charge in [-0.1, -0.05) is 0 Å². The number of carboxylic acids is 1. The molecule has 6 heteroatoms. The quantitative estimate of drug-likeness (QED) is 0.761. The zero-order valence-electron chi connectivity index (χ0n) is 12.4. The highest BCUT2D eigenvalue weighted by molar-refractivity contribution is 7.19. The summed E-state index contributed by atoms with van der Waals surface area (Å²) in [6, 6.07) is 6.70. The number of aromatic carboxylic acids is 1. The summed E-state index contributed by atoms with van der Waals surface area (Å²) >= 11 is 1.76. The average molecular weight is 325 g/mol. The number of hydrogen-bond donors (Lipinski definition) is 2. The Balaban J connectivity index is 1.74. The predicted octanol–water partition coefficient (Wildman–Crippen LogP) is 4.01. The van der Waals surface area contributed by atoms with Gasteiger partial charge in [0.1, 0.15) is 17.0 Å². The molecule has 5 nitrogen and oxygen atoms in total. The Kier molecular flexibility index (Phi) is 3.46. The van der Waals surface area contributed by atoms with Crippen molar-refractivity contribution in [3.8, 4) is 0 Å². The standard InChI is InChI=1S/C17H15N3O2S/c21-17(22)10-5-7-11(8-6-10)20-15-14-12-3-1-2-4-13(12)23-16(14)19-9-18-15/h5-9H,1-4H2,(H,21,22)(H,18,19,20). The van der Waals surface area contributed by atoms with E-state index in [1.165, 1.54) is 23.3 Å². The molecule has 0 atom stereocenters. The molecule has 2 heterocycles. The first kappa shape index (κ1) is 14.1. The van der Waals surface area contributed by atoms with E-state index in [0.717, 1.165) is 34.6 Å². The number of thiophene rings is 1. The predicted molar refractivity (Wildman–Crippen MR) is 90.7 cm³/mol. The van der Waals surface area contributed by atoms with Crippen molar-refractivity contribution in [1.82, 2.24) is 9.97 Å². The minimum absolute atomic E-state index is 0.274. The van der Waals surface area contributed by atoms with Crippen LogP contribution in [0, 0.1) is 0 Å². The zero-order valence-corrected chi connectivity index (χ0v) is 13.2. The number of carbonyl (C=O) groups is 1. The van der Waals surface area contributed by atoms with Gasteiger partial charge in [-0.25, -0.2) is 14.8 Å². The molecule has 0 saturated heterocycles. The molecule has 0 spiro atoms. The van der Waals surface area contributed by atoms with Gasteiger partial charge in [0.2, 0.25) is 0 Å². The van der Waals surface area contributed by atoms with E-state index in [4.69, 9.17) is 5.11 Å². The van der Waals surface area contributed by atoms with Crippen LogP contribution in [0.2, 0.25) is 0 Å². The van der Waals surface area contributed by atoms with Crippen molar-refractivity contribution < 1.29 is 9.90 Å². The molecule has 0 bridgehead atoms. The fraction of sp³-hybridized carbons (Fsp3) is 0.235. The van der Waals surface area contributed by atoms with E-state index < -0.39 is 5.97 Å². The summed E-state index contributed by atoms with van der Waals surface area (Å²) in [6.07, 6.45) is 6.24. The largest absolute Gasteiger partial charge is 0.478 e. The molecule has 23 heavy (non-hydrogen) atoms. The van der Waals surface area contributed by atoms with Gasteiger partial charge in [-0.3, -0.25) is 0 Å². The molecular formula is C17H15N3O2S. The maximum Gasteiger partial charge on any atom is 0.335 e. The van der Waals surface area contributed by atoms with E-state index in [-0.39, 0.29) is 5.56 Å². The van der Waals surface area contributed by atoms with Gasteiger partial charge >= 0.3 is 5.97 Å². The molecule has 1 aliphatic rings. The second-order valence-electron chi connectivity index (χ2n) is 5.62. The molecule has 0 amide bonds. The minimum atomic E-state index is -0.923. The van der Waals surface area contributed by atoms with Crippen LogP contribution < -0.4 is 5.32 Å². The number of aromatic nitrogens is 2. The number of nitrogens with zero attached hydrogens (tertiary/aromatic N) is 2. The first-order valence-electron chi connectivity index (χ1n) is 7.58. The van der Waals surface area contributed by atoms with E-state index in [1.807, 2.05) is 0 Å². The number of carboxylic acid groups (broad SMARTS) is 1. The van der Waals surface area contributed by atoms with Crippen LogP contribution in [-0.4, -0.2) is 21.0 Å². The van der Waals surface area contributed by atoms with Crippen LogP contribution in [0.1, 0.15) is 33.6 Å². The van der Waals surface area contributed by atoms with Crippen molar-refractivity contribution in [2.75, 3.05) is 5.32 Å². The number of nitrogens with one attached hydrogen (secondary N) is 1. The average Bonchev–Trinajstić information content (AvgIpc) is 2.95. The fourth-order valence-corrected chi connectivity index (χ4v) is 4.25. The van der Waals surface area contributed by atoms with Gasteiger partial charge in [0.15, 0.2) is 0 Å². The fourth-order valence-electron chi connectivity index (χ4n) is 3.02. The minimum Gasteiger partial charge on any atom is -0.478 e. The van der Waals surface area contributed by atoms with Crippen molar-refractivity contribution in [2.24, 2.45) is 0 Å². The third-order valence-corrected chi connectivity index (χ3v) is 5.35. The molecule has 4 rings (SSSR count). The summed E-state index contributed by atoms with van der Waals surface area (Å²) in [6.45, 7) is 0. The van der Waals surface area contributed by atoms with Gasteiger partial charge in [-0.05, 0) is 55.5 Å².